The molecule has 0 aromatic heterocycles. The summed E-state index contributed by atoms with van der Waals surface area (Å²) in [6.07, 6.45) is 1.12. The van der Waals surface area contributed by atoms with Crippen LogP contribution in [-0.4, -0.2) is 24.0 Å². The van der Waals surface area contributed by atoms with E-state index in [-0.39, 0.29) is 0 Å². The van der Waals surface area contributed by atoms with Gasteiger partial charge >= 0.3 is 0 Å². The minimum atomic E-state index is 0.293. The molecule has 0 saturated carbocycles. The van der Waals surface area contributed by atoms with Crippen LogP contribution in [0.2, 0.25) is 0 Å². The Hall–Kier alpha value is -0.860. The van der Waals surface area contributed by atoms with E-state index in [9.17, 15) is 0 Å². The van der Waals surface area contributed by atoms with Gasteiger partial charge in [0, 0.05) is 12.6 Å². The number of hydrogen-bond acceptors (Lipinski definition) is 2. The van der Waals surface area contributed by atoms with Crippen molar-refractivity contribution in [2.75, 3.05) is 13.1 Å². The normalized spacial score (nSPS) is 26.2. The number of likely N-dealkylation sites (tertiary alicyclic amines) is 1. The third-order valence-electron chi connectivity index (χ3n) is 3.70. The molecule has 0 radical (unpaired) electrons. The van der Waals surface area contributed by atoms with Crippen molar-refractivity contribution >= 4 is 0 Å². The van der Waals surface area contributed by atoms with Gasteiger partial charge in [-0.05, 0) is 37.9 Å². The maximum atomic E-state index is 6.24. The highest BCUT2D eigenvalue weighted by molar-refractivity contribution is 5.34. The molecule has 2 atom stereocenters. The zero-order chi connectivity index (χ0) is 11.7. The highest BCUT2D eigenvalue weighted by atomic mass is 15.2. The van der Waals surface area contributed by atoms with Crippen LogP contribution in [-0.2, 0) is 0 Å². The summed E-state index contributed by atoms with van der Waals surface area (Å²) in [5.41, 5.74) is 10.4. The van der Waals surface area contributed by atoms with E-state index in [2.05, 4.69) is 43.9 Å². The van der Waals surface area contributed by atoms with Crippen LogP contribution in [0.25, 0.3) is 0 Å². The summed E-state index contributed by atoms with van der Waals surface area (Å²) < 4.78 is 0. The topological polar surface area (TPSA) is 29.3 Å². The molecule has 1 saturated heterocycles. The first kappa shape index (κ1) is 11.6. The highest BCUT2D eigenvalue weighted by Gasteiger charge is 2.32. The molecule has 88 valence electrons. The molecule has 2 unspecified atom stereocenters. The number of nitrogens with two attached hydrogens (primary N) is 1. The molecule has 1 aromatic rings. The molecule has 0 bridgehead atoms. The quantitative estimate of drug-likeness (QED) is 0.826. The van der Waals surface area contributed by atoms with Gasteiger partial charge in [0.15, 0.2) is 0 Å². The summed E-state index contributed by atoms with van der Waals surface area (Å²) >= 11 is 0. The van der Waals surface area contributed by atoms with Crippen molar-refractivity contribution in [3.05, 3.63) is 34.9 Å². The first-order chi connectivity index (χ1) is 7.63. The smallest absolute Gasteiger partial charge is 0.0502 e. The van der Waals surface area contributed by atoms with Crippen LogP contribution in [0.15, 0.2) is 18.2 Å². The van der Waals surface area contributed by atoms with E-state index < -0.39 is 0 Å². The Bertz CT molecular complexity index is 373. The monoisotopic (exact) mass is 218 g/mol. The van der Waals surface area contributed by atoms with Crippen molar-refractivity contribution in [1.82, 2.24) is 4.90 Å². The number of likely N-dealkylation sites (N-methyl/N-ethyl adjacent to an activating group) is 1. The first-order valence-electron chi connectivity index (χ1n) is 6.20. The molecule has 1 aromatic carbocycles. The SMILES string of the molecule is CCN1CCC(N)C1c1ccc(C)cc1C. The van der Waals surface area contributed by atoms with Crippen LogP contribution < -0.4 is 5.73 Å². The number of benzene rings is 1. The van der Waals surface area contributed by atoms with Crippen molar-refractivity contribution in [1.29, 1.82) is 0 Å². The van der Waals surface area contributed by atoms with Gasteiger partial charge in [-0.25, -0.2) is 0 Å². The molecule has 2 heteroatoms. The Labute approximate surface area is 98.4 Å². The largest absolute Gasteiger partial charge is 0.326 e. The fourth-order valence-electron chi connectivity index (χ4n) is 2.82. The van der Waals surface area contributed by atoms with Crippen molar-refractivity contribution in [3.63, 3.8) is 0 Å². The Morgan fingerprint density at radius 3 is 2.75 bits per heavy atom. The molecular formula is C14H22N2. The van der Waals surface area contributed by atoms with Crippen molar-refractivity contribution in [2.45, 2.75) is 39.3 Å². The van der Waals surface area contributed by atoms with Gasteiger partial charge in [-0.3, -0.25) is 4.90 Å². The average molecular weight is 218 g/mol. The second kappa shape index (κ2) is 4.56. The van der Waals surface area contributed by atoms with E-state index in [0.717, 1.165) is 19.5 Å². The summed E-state index contributed by atoms with van der Waals surface area (Å²) in [5.74, 6) is 0. The van der Waals surface area contributed by atoms with E-state index in [4.69, 9.17) is 5.73 Å². The summed E-state index contributed by atoms with van der Waals surface area (Å²) in [5, 5.41) is 0. The lowest BCUT2D eigenvalue weighted by Gasteiger charge is -2.27. The van der Waals surface area contributed by atoms with Gasteiger partial charge in [-0.15, -0.1) is 0 Å². The molecule has 1 aliphatic heterocycles. The minimum Gasteiger partial charge on any atom is -0.326 e. The summed E-state index contributed by atoms with van der Waals surface area (Å²) in [4.78, 5) is 2.49. The Morgan fingerprint density at radius 2 is 2.12 bits per heavy atom. The molecule has 0 spiro atoms. The maximum Gasteiger partial charge on any atom is 0.0502 e. The van der Waals surface area contributed by atoms with E-state index >= 15 is 0 Å². The average Bonchev–Trinajstić information content (AvgIpc) is 2.60. The summed E-state index contributed by atoms with van der Waals surface area (Å²) in [7, 11) is 0. The standard InChI is InChI=1S/C14H22N2/c1-4-16-8-7-13(15)14(16)12-6-5-10(2)9-11(12)3/h5-6,9,13-14H,4,7-8,15H2,1-3H3. The van der Waals surface area contributed by atoms with Gasteiger partial charge in [0.2, 0.25) is 0 Å². The van der Waals surface area contributed by atoms with Gasteiger partial charge in [-0.2, -0.15) is 0 Å². The van der Waals surface area contributed by atoms with E-state index in [1.807, 2.05) is 0 Å². The number of aryl methyl sites for hydroxylation is 2. The Kier molecular flexibility index (Phi) is 3.31. The zero-order valence-electron chi connectivity index (χ0n) is 10.5. The Morgan fingerprint density at radius 1 is 1.38 bits per heavy atom. The van der Waals surface area contributed by atoms with E-state index in [1.54, 1.807) is 0 Å². The second-order valence-corrected chi connectivity index (χ2v) is 4.89. The lowest BCUT2D eigenvalue weighted by molar-refractivity contribution is 0.260. The third-order valence-corrected chi connectivity index (χ3v) is 3.70. The second-order valence-electron chi connectivity index (χ2n) is 4.89. The van der Waals surface area contributed by atoms with Crippen molar-refractivity contribution in [3.8, 4) is 0 Å². The number of rotatable bonds is 2. The number of hydrogen-bond donors (Lipinski definition) is 1. The lowest BCUT2D eigenvalue weighted by Crippen LogP contribution is -2.32. The van der Waals surface area contributed by atoms with Gasteiger partial charge in [0.1, 0.15) is 0 Å². The number of nitrogens with zero attached hydrogens (tertiary/aromatic N) is 1. The molecule has 0 aliphatic carbocycles. The molecule has 16 heavy (non-hydrogen) atoms. The van der Waals surface area contributed by atoms with E-state index in [0.29, 0.717) is 12.1 Å². The van der Waals surface area contributed by atoms with E-state index in [1.165, 1.54) is 16.7 Å². The van der Waals surface area contributed by atoms with Gasteiger partial charge in [0.25, 0.3) is 0 Å². The lowest BCUT2D eigenvalue weighted by atomic mass is 9.95. The third kappa shape index (κ3) is 2.00. The molecule has 1 fully saturated rings. The predicted octanol–water partition coefficient (Wildman–Crippen LogP) is 2.40. The van der Waals surface area contributed by atoms with Crippen molar-refractivity contribution < 1.29 is 0 Å². The molecular weight excluding hydrogens is 196 g/mol. The molecule has 1 heterocycles. The predicted molar refractivity (Wildman–Crippen MR) is 68.5 cm³/mol. The molecule has 2 nitrogen and oxygen atoms in total. The van der Waals surface area contributed by atoms with Crippen LogP contribution in [0.4, 0.5) is 0 Å². The summed E-state index contributed by atoms with van der Waals surface area (Å²) in [6, 6.07) is 7.42. The fourth-order valence-corrected chi connectivity index (χ4v) is 2.82. The minimum absolute atomic E-state index is 0.293. The maximum absolute atomic E-state index is 6.24. The van der Waals surface area contributed by atoms with Gasteiger partial charge in [-0.1, -0.05) is 30.7 Å². The molecule has 0 amide bonds. The first-order valence-corrected chi connectivity index (χ1v) is 6.20. The van der Waals surface area contributed by atoms with Crippen LogP contribution in [0, 0.1) is 13.8 Å². The van der Waals surface area contributed by atoms with Crippen molar-refractivity contribution in [2.24, 2.45) is 5.73 Å². The summed E-state index contributed by atoms with van der Waals surface area (Å²) in [6.45, 7) is 8.78. The van der Waals surface area contributed by atoms with Crippen LogP contribution in [0.3, 0.4) is 0 Å². The molecule has 2 rings (SSSR count). The molecule has 2 N–H and O–H groups in total. The van der Waals surface area contributed by atoms with Crippen LogP contribution in [0.1, 0.15) is 36.1 Å². The highest BCUT2D eigenvalue weighted by Crippen LogP contribution is 2.32. The van der Waals surface area contributed by atoms with Crippen LogP contribution in [0.5, 0.6) is 0 Å². The Balaban J connectivity index is 2.34. The fraction of sp³-hybridized carbons (Fsp3) is 0.571. The van der Waals surface area contributed by atoms with Gasteiger partial charge in [0.05, 0.1) is 6.04 Å². The molecule has 1 aliphatic rings. The van der Waals surface area contributed by atoms with Gasteiger partial charge < -0.3 is 5.73 Å². The van der Waals surface area contributed by atoms with Crippen LogP contribution >= 0.6 is 0 Å². The zero-order valence-corrected chi connectivity index (χ0v) is 10.5.